The lowest BCUT2D eigenvalue weighted by Crippen LogP contribution is -2.28. The fourth-order valence-electron chi connectivity index (χ4n) is 2.62. The number of benzene rings is 1. The number of hydrogen-bond acceptors (Lipinski definition) is 4. The van der Waals surface area contributed by atoms with E-state index in [2.05, 4.69) is 23.8 Å². The summed E-state index contributed by atoms with van der Waals surface area (Å²) in [7, 11) is 0. The molecular weight excluding hydrogens is 361 g/mol. The molecule has 0 atom stereocenters. The van der Waals surface area contributed by atoms with Crippen LogP contribution >= 0.6 is 23.2 Å². The molecule has 0 saturated heterocycles. The first kappa shape index (κ1) is 19.8. The predicted molar refractivity (Wildman–Crippen MR) is 101 cm³/mol. The van der Waals surface area contributed by atoms with E-state index in [4.69, 9.17) is 27.9 Å². The number of ether oxygens (including phenoxy) is 1. The van der Waals surface area contributed by atoms with E-state index >= 15 is 0 Å². The van der Waals surface area contributed by atoms with Crippen LogP contribution in [-0.4, -0.2) is 47.2 Å². The van der Waals surface area contributed by atoms with Crippen molar-refractivity contribution in [2.75, 3.05) is 26.2 Å². The molecule has 0 N–H and O–H groups in total. The molecule has 5 nitrogen and oxygen atoms in total. The molecule has 7 heteroatoms. The lowest BCUT2D eigenvalue weighted by atomic mass is 10.2. The van der Waals surface area contributed by atoms with E-state index in [-0.39, 0.29) is 6.42 Å². The van der Waals surface area contributed by atoms with E-state index in [1.165, 1.54) is 0 Å². The zero-order chi connectivity index (χ0) is 18.4. The van der Waals surface area contributed by atoms with Crippen molar-refractivity contribution in [3.63, 3.8) is 0 Å². The number of likely N-dealkylation sites (N-methyl/N-ethyl adjacent to an activating group) is 1. The average Bonchev–Trinajstić information content (AvgIpc) is 2.91. The number of halogens is 2. The van der Waals surface area contributed by atoms with Gasteiger partial charge < -0.3 is 14.4 Å². The topological polar surface area (TPSA) is 47.4 Å². The van der Waals surface area contributed by atoms with Crippen LogP contribution < -0.4 is 4.74 Å². The quantitative estimate of drug-likeness (QED) is 0.615. The second-order valence-corrected chi connectivity index (χ2v) is 6.44. The monoisotopic (exact) mass is 383 g/mol. The Morgan fingerprint density at radius 2 is 1.96 bits per heavy atom. The molecule has 0 unspecified atom stereocenters. The van der Waals surface area contributed by atoms with Crippen molar-refractivity contribution in [1.29, 1.82) is 0 Å². The predicted octanol–water partition coefficient (Wildman–Crippen LogP) is 3.95. The molecular formula is C18H23Cl2N3O2. The van der Waals surface area contributed by atoms with Gasteiger partial charge in [0.1, 0.15) is 12.9 Å². The molecule has 2 rings (SSSR count). The van der Waals surface area contributed by atoms with E-state index in [0.717, 1.165) is 42.9 Å². The number of aldehydes is 1. The molecule has 0 aliphatic carbocycles. The lowest BCUT2D eigenvalue weighted by Gasteiger charge is -2.17. The summed E-state index contributed by atoms with van der Waals surface area (Å²) < 4.78 is 7.60. The molecule has 0 fully saturated rings. The van der Waals surface area contributed by atoms with Gasteiger partial charge in [0.15, 0.2) is 0 Å². The van der Waals surface area contributed by atoms with Gasteiger partial charge in [0.25, 0.3) is 0 Å². The smallest absolute Gasteiger partial charge is 0.237 e. The highest BCUT2D eigenvalue weighted by Crippen LogP contribution is 2.28. The minimum absolute atomic E-state index is 0.258. The summed E-state index contributed by atoms with van der Waals surface area (Å²) in [4.78, 5) is 13.3. The fraction of sp³-hybridized carbons (Fsp3) is 0.444. The van der Waals surface area contributed by atoms with Gasteiger partial charge in [-0.25, -0.2) is 4.68 Å². The highest BCUT2D eigenvalue weighted by atomic mass is 35.5. The Balaban J connectivity index is 2.27. The van der Waals surface area contributed by atoms with Gasteiger partial charge in [-0.1, -0.05) is 37.0 Å². The Bertz CT molecular complexity index is 727. The van der Waals surface area contributed by atoms with E-state index in [9.17, 15) is 4.79 Å². The first-order chi connectivity index (χ1) is 12.0. The Labute approximate surface area is 158 Å². The standard InChI is InChI=1S/C18H23Cl2N3O2/c1-4-22(5-2)9-11-25-18-15(8-10-24)13(3)23(21-18)14-6-7-16(19)17(20)12-14/h6-7,10,12H,4-5,8-9,11H2,1-3H3. The number of aromatic nitrogens is 2. The Morgan fingerprint density at radius 3 is 2.56 bits per heavy atom. The largest absolute Gasteiger partial charge is 0.475 e. The first-order valence-corrected chi connectivity index (χ1v) is 9.10. The molecule has 0 radical (unpaired) electrons. The molecule has 0 aliphatic rings. The van der Waals surface area contributed by atoms with Gasteiger partial charge in [0.2, 0.25) is 5.88 Å². The summed E-state index contributed by atoms with van der Waals surface area (Å²) in [6.45, 7) is 9.41. The van der Waals surface area contributed by atoms with Gasteiger partial charge in [0, 0.05) is 24.2 Å². The molecule has 136 valence electrons. The van der Waals surface area contributed by atoms with Gasteiger partial charge in [-0.2, -0.15) is 0 Å². The molecule has 2 aromatic rings. The van der Waals surface area contributed by atoms with E-state index < -0.39 is 0 Å². The van der Waals surface area contributed by atoms with Crippen LogP contribution in [0.15, 0.2) is 18.2 Å². The third-order valence-electron chi connectivity index (χ3n) is 4.18. The van der Waals surface area contributed by atoms with E-state index in [1.54, 1.807) is 16.8 Å². The van der Waals surface area contributed by atoms with Crippen LogP contribution in [0.4, 0.5) is 0 Å². The van der Waals surface area contributed by atoms with Gasteiger partial charge in [-0.3, -0.25) is 0 Å². The number of carbonyl (C=O) groups excluding carboxylic acids is 1. The van der Waals surface area contributed by atoms with Gasteiger partial charge in [0.05, 0.1) is 15.7 Å². The fourth-order valence-corrected chi connectivity index (χ4v) is 2.91. The van der Waals surface area contributed by atoms with Crippen molar-refractivity contribution in [2.45, 2.75) is 27.2 Å². The molecule has 0 bridgehead atoms. The van der Waals surface area contributed by atoms with Crippen molar-refractivity contribution < 1.29 is 9.53 Å². The van der Waals surface area contributed by atoms with E-state index in [0.29, 0.717) is 22.5 Å². The summed E-state index contributed by atoms with van der Waals surface area (Å²) >= 11 is 12.1. The maximum atomic E-state index is 11.1. The molecule has 1 aromatic carbocycles. The van der Waals surface area contributed by atoms with Crippen LogP contribution in [0.5, 0.6) is 5.88 Å². The molecule has 0 aliphatic heterocycles. The first-order valence-electron chi connectivity index (χ1n) is 8.34. The molecule has 1 heterocycles. The van der Waals surface area contributed by atoms with Crippen molar-refractivity contribution in [3.05, 3.63) is 39.5 Å². The summed E-state index contributed by atoms with van der Waals surface area (Å²) in [5, 5.41) is 5.47. The second-order valence-electron chi connectivity index (χ2n) is 5.63. The summed E-state index contributed by atoms with van der Waals surface area (Å²) in [5.41, 5.74) is 2.42. The molecule has 0 spiro atoms. The highest BCUT2D eigenvalue weighted by Gasteiger charge is 2.17. The highest BCUT2D eigenvalue weighted by molar-refractivity contribution is 6.42. The maximum absolute atomic E-state index is 11.1. The molecule has 0 amide bonds. The number of hydrogen-bond donors (Lipinski definition) is 0. The van der Waals surface area contributed by atoms with Crippen LogP contribution in [0.25, 0.3) is 5.69 Å². The minimum atomic E-state index is 0.258. The summed E-state index contributed by atoms with van der Waals surface area (Å²) in [6, 6.07) is 5.30. The molecule has 1 aromatic heterocycles. The summed E-state index contributed by atoms with van der Waals surface area (Å²) in [5.74, 6) is 0.489. The molecule has 0 saturated carbocycles. The van der Waals surface area contributed by atoms with Crippen LogP contribution in [0.2, 0.25) is 10.0 Å². The third-order valence-corrected chi connectivity index (χ3v) is 4.92. The Kier molecular flexibility index (Phi) is 7.29. The third kappa shape index (κ3) is 4.75. The van der Waals surface area contributed by atoms with Crippen molar-refractivity contribution in [3.8, 4) is 11.6 Å². The van der Waals surface area contributed by atoms with Crippen molar-refractivity contribution in [1.82, 2.24) is 14.7 Å². The normalized spacial score (nSPS) is 11.1. The number of nitrogens with zero attached hydrogens (tertiary/aromatic N) is 3. The maximum Gasteiger partial charge on any atom is 0.237 e. The van der Waals surface area contributed by atoms with Crippen LogP contribution in [0.3, 0.4) is 0 Å². The SMILES string of the molecule is CCN(CC)CCOc1nn(-c2ccc(Cl)c(Cl)c2)c(C)c1CC=O. The number of rotatable bonds is 9. The van der Waals surface area contributed by atoms with Crippen LogP contribution in [0.1, 0.15) is 25.1 Å². The lowest BCUT2D eigenvalue weighted by molar-refractivity contribution is -0.107. The average molecular weight is 384 g/mol. The van der Waals surface area contributed by atoms with Gasteiger partial charge >= 0.3 is 0 Å². The zero-order valence-electron chi connectivity index (χ0n) is 14.8. The Hall–Kier alpha value is -1.56. The van der Waals surface area contributed by atoms with E-state index in [1.807, 2.05) is 13.0 Å². The van der Waals surface area contributed by atoms with Gasteiger partial charge in [-0.15, -0.1) is 5.10 Å². The summed E-state index contributed by atoms with van der Waals surface area (Å²) in [6.07, 6.45) is 1.12. The zero-order valence-corrected chi connectivity index (χ0v) is 16.3. The van der Waals surface area contributed by atoms with Crippen LogP contribution in [0, 0.1) is 6.92 Å². The van der Waals surface area contributed by atoms with Crippen LogP contribution in [-0.2, 0) is 11.2 Å². The number of carbonyl (C=O) groups is 1. The van der Waals surface area contributed by atoms with Gasteiger partial charge in [-0.05, 0) is 38.2 Å². The Morgan fingerprint density at radius 1 is 1.24 bits per heavy atom. The second kappa shape index (κ2) is 9.22. The minimum Gasteiger partial charge on any atom is -0.475 e. The molecule has 25 heavy (non-hydrogen) atoms. The van der Waals surface area contributed by atoms with Crippen molar-refractivity contribution in [2.24, 2.45) is 0 Å². The van der Waals surface area contributed by atoms with Crippen molar-refractivity contribution >= 4 is 29.5 Å².